The van der Waals surface area contributed by atoms with Gasteiger partial charge in [0.15, 0.2) is 0 Å². The second kappa shape index (κ2) is 7.56. The van der Waals surface area contributed by atoms with E-state index in [-0.39, 0.29) is 6.54 Å². The molecule has 2 rings (SSSR count). The van der Waals surface area contributed by atoms with E-state index in [0.717, 1.165) is 11.0 Å². The SMILES string of the molecule is O=C(NCCSc1ccc(Cl)cc1)C(F)(F)c1ccccn1. The van der Waals surface area contributed by atoms with E-state index in [1.807, 2.05) is 12.1 Å². The Hall–Kier alpha value is -1.66. The van der Waals surface area contributed by atoms with Crippen LogP contribution < -0.4 is 5.32 Å². The zero-order valence-corrected chi connectivity index (χ0v) is 13.0. The molecular formula is C15H13ClF2N2OS. The van der Waals surface area contributed by atoms with Crippen molar-refractivity contribution in [2.75, 3.05) is 12.3 Å². The molecule has 22 heavy (non-hydrogen) atoms. The highest BCUT2D eigenvalue weighted by Crippen LogP contribution is 2.26. The molecule has 7 heteroatoms. The first-order valence-corrected chi connectivity index (χ1v) is 7.82. The van der Waals surface area contributed by atoms with Crippen LogP contribution in [0.25, 0.3) is 0 Å². The minimum atomic E-state index is -3.63. The molecule has 2 aromatic rings. The summed E-state index contributed by atoms with van der Waals surface area (Å²) >= 11 is 7.21. The molecule has 1 heterocycles. The molecule has 0 saturated heterocycles. The second-order valence-corrected chi connectivity index (χ2v) is 5.95. The monoisotopic (exact) mass is 342 g/mol. The number of halogens is 3. The number of pyridine rings is 1. The van der Waals surface area contributed by atoms with Crippen molar-refractivity contribution in [1.82, 2.24) is 10.3 Å². The summed E-state index contributed by atoms with van der Waals surface area (Å²) in [4.78, 5) is 16.1. The first-order chi connectivity index (χ1) is 10.5. The lowest BCUT2D eigenvalue weighted by Gasteiger charge is -2.15. The fourth-order valence-electron chi connectivity index (χ4n) is 1.64. The number of amides is 1. The molecule has 116 valence electrons. The number of carbonyl (C=O) groups is 1. The van der Waals surface area contributed by atoms with E-state index in [0.29, 0.717) is 10.8 Å². The molecule has 0 aliphatic carbocycles. The predicted molar refractivity (Wildman–Crippen MR) is 83.3 cm³/mol. The molecule has 0 atom stereocenters. The largest absolute Gasteiger partial charge is 0.366 e. The van der Waals surface area contributed by atoms with Crippen LogP contribution in [0.4, 0.5) is 8.78 Å². The molecule has 1 N–H and O–H groups in total. The van der Waals surface area contributed by atoms with Gasteiger partial charge < -0.3 is 5.32 Å². The van der Waals surface area contributed by atoms with E-state index >= 15 is 0 Å². The molecule has 1 aromatic carbocycles. The highest BCUT2D eigenvalue weighted by molar-refractivity contribution is 7.99. The number of carbonyl (C=O) groups excluding carboxylic acids is 1. The van der Waals surface area contributed by atoms with Gasteiger partial charge in [0, 0.05) is 28.4 Å². The van der Waals surface area contributed by atoms with Gasteiger partial charge in [-0.25, -0.2) is 0 Å². The van der Waals surface area contributed by atoms with E-state index in [1.54, 1.807) is 12.1 Å². The van der Waals surface area contributed by atoms with Crippen molar-refractivity contribution in [2.45, 2.75) is 10.8 Å². The highest BCUT2D eigenvalue weighted by atomic mass is 35.5. The number of nitrogens with zero attached hydrogens (tertiary/aromatic N) is 1. The molecule has 1 aromatic heterocycles. The number of thioether (sulfide) groups is 1. The zero-order chi connectivity index (χ0) is 16.0. The number of aromatic nitrogens is 1. The summed E-state index contributed by atoms with van der Waals surface area (Å²) in [5.74, 6) is -4.50. The van der Waals surface area contributed by atoms with Gasteiger partial charge in [-0.1, -0.05) is 17.7 Å². The van der Waals surface area contributed by atoms with Crippen LogP contribution in [0.1, 0.15) is 5.69 Å². The molecule has 0 unspecified atom stereocenters. The van der Waals surface area contributed by atoms with Crippen molar-refractivity contribution in [3.63, 3.8) is 0 Å². The van der Waals surface area contributed by atoms with E-state index in [1.165, 1.54) is 30.1 Å². The van der Waals surface area contributed by atoms with Gasteiger partial charge in [-0.2, -0.15) is 8.78 Å². The van der Waals surface area contributed by atoms with Crippen molar-refractivity contribution in [3.05, 3.63) is 59.4 Å². The fraction of sp³-hybridized carbons (Fsp3) is 0.200. The van der Waals surface area contributed by atoms with E-state index in [9.17, 15) is 13.6 Å². The topological polar surface area (TPSA) is 42.0 Å². The number of nitrogens with one attached hydrogen (secondary N) is 1. The number of benzene rings is 1. The third-order valence-electron chi connectivity index (χ3n) is 2.74. The maximum absolute atomic E-state index is 13.8. The lowest BCUT2D eigenvalue weighted by molar-refractivity contribution is -0.147. The van der Waals surface area contributed by atoms with Crippen molar-refractivity contribution in [3.8, 4) is 0 Å². The second-order valence-electron chi connectivity index (χ2n) is 4.35. The Bertz CT molecular complexity index is 623. The van der Waals surface area contributed by atoms with Crippen LogP contribution >= 0.6 is 23.4 Å². The van der Waals surface area contributed by atoms with Crippen LogP contribution in [-0.2, 0) is 10.7 Å². The molecule has 0 saturated carbocycles. The molecule has 0 radical (unpaired) electrons. The first kappa shape index (κ1) is 16.7. The van der Waals surface area contributed by atoms with E-state index < -0.39 is 17.5 Å². The summed E-state index contributed by atoms with van der Waals surface area (Å²) in [6, 6.07) is 11.2. The van der Waals surface area contributed by atoms with Crippen LogP contribution in [-0.4, -0.2) is 23.2 Å². The summed E-state index contributed by atoms with van der Waals surface area (Å²) in [7, 11) is 0. The van der Waals surface area contributed by atoms with Gasteiger partial charge in [-0.05, 0) is 36.4 Å². The Kier molecular flexibility index (Phi) is 5.74. The number of hydrogen-bond donors (Lipinski definition) is 1. The normalized spacial score (nSPS) is 11.2. The summed E-state index contributed by atoms with van der Waals surface area (Å²) in [6.07, 6.45) is 1.23. The maximum atomic E-state index is 13.8. The quantitative estimate of drug-likeness (QED) is 0.642. The van der Waals surface area contributed by atoms with E-state index in [2.05, 4.69) is 10.3 Å². The number of alkyl halides is 2. The molecule has 0 fully saturated rings. The predicted octanol–water partition coefficient (Wildman–Crippen LogP) is 3.74. The third kappa shape index (κ3) is 4.42. The van der Waals surface area contributed by atoms with Crippen LogP contribution in [0.2, 0.25) is 5.02 Å². The minimum absolute atomic E-state index is 0.133. The molecule has 1 amide bonds. The Labute approximate surface area is 136 Å². The zero-order valence-electron chi connectivity index (χ0n) is 11.4. The summed E-state index contributed by atoms with van der Waals surface area (Å²) in [6.45, 7) is 0.133. The van der Waals surface area contributed by atoms with Gasteiger partial charge in [0.05, 0.1) is 0 Å². The van der Waals surface area contributed by atoms with Crippen molar-refractivity contribution in [2.24, 2.45) is 0 Å². The lowest BCUT2D eigenvalue weighted by atomic mass is 10.2. The summed E-state index contributed by atoms with van der Waals surface area (Å²) in [5.41, 5.74) is -0.558. The maximum Gasteiger partial charge on any atom is 0.366 e. The molecule has 0 aliphatic heterocycles. The van der Waals surface area contributed by atoms with E-state index in [4.69, 9.17) is 11.6 Å². The molecule has 0 bridgehead atoms. The smallest absolute Gasteiger partial charge is 0.350 e. The Morgan fingerprint density at radius 3 is 2.59 bits per heavy atom. The standard InChI is InChI=1S/C15H13ClF2N2OS/c16-11-4-6-12(7-5-11)22-10-9-20-14(21)15(17,18)13-3-1-2-8-19-13/h1-8H,9-10H2,(H,20,21). The van der Waals surface area contributed by atoms with Crippen molar-refractivity contribution < 1.29 is 13.6 Å². The Morgan fingerprint density at radius 2 is 1.95 bits per heavy atom. The average Bonchev–Trinajstić information content (AvgIpc) is 2.54. The van der Waals surface area contributed by atoms with Crippen LogP contribution in [0.5, 0.6) is 0 Å². The fourth-order valence-corrected chi connectivity index (χ4v) is 2.53. The Balaban J connectivity index is 1.81. The molecule has 0 aliphatic rings. The van der Waals surface area contributed by atoms with Gasteiger partial charge in [0.1, 0.15) is 5.69 Å². The van der Waals surface area contributed by atoms with Crippen LogP contribution in [0, 0.1) is 0 Å². The first-order valence-electron chi connectivity index (χ1n) is 6.46. The summed E-state index contributed by atoms with van der Waals surface area (Å²) in [5, 5.41) is 2.86. The summed E-state index contributed by atoms with van der Waals surface area (Å²) < 4.78 is 27.7. The van der Waals surface area contributed by atoms with Crippen LogP contribution in [0.15, 0.2) is 53.6 Å². The average molecular weight is 343 g/mol. The molecule has 3 nitrogen and oxygen atoms in total. The Morgan fingerprint density at radius 1 is 1.23 bits per heavy atom. The minimum Gasteiger partial charge on any atom is -0.350 e. The van der Waals surface area contributed by atoms with Gasteiger partial charge in [-0.15, -0.1) is 11.8 Å². The molecular weight excluding hydrogens is 330 g/mol. The third-order valence-corrected chi connectivity index (χ3v) is 4.01. The van der Waals surface area contributed by atoms with Gasteiger partial charge in [-0.3, -0.25) is 9.78 Å². The van der Waals surface area contributed by atoms with Gasteiger partial charge in [0.2, 0.25) is 0 Å². The van der Waals surface area contributed by atoms with Gasteiger partial charge >= 0.3 is 5.92 Å². The number of rotatable bonds is 6. The van der Waals surface area contributed by atoms with Crippen molar-refractivity contribution >= 4 is 29.3 Å². The highest BCUT2D eigenvalue weighted by Gasteiger charge is 2.41. The molecule has 0 spiro atoms. The lowest BCUT2D eigenvalue weighted by Crippen LogP contribution is -2.39. The van der Waals surface area contributed by atoms with Gasteiger partial charge in [0.25, 0.3) is 5.91 Å². The number of hydrogen-bond acceptors (Lipinski definition) is 3. The van der Waals surface area contributed by atoms with Crippen LogP contribution in [0.3, 0.4) is 0 Å². The van der Waals surface area contributed by atoms with Crippen molar-refractivity contribution in [1.29, 1.82) is 0 Å².